The summed E-state index contributed by atoms with van der Waals surface area (Å²) < 4.78 is 4.64. The van der Waals surface area contributed by atoms with Gasteiger partial charge in [0.2, 0.25) is 0 Å². The number of esters is 1. The van der Waals surface area contributed by atoms with Crippen LogP contribution in [-0.2, 0) is 14.3 Å². The van der Waals surface area contributed by atoms with Crippen LogP contribution in [0.2, 0.25) is 0 Å². The monoisotopic (exact) mass is 170 g/mol. The number of carbonyl (C=O) groups excluding carboxylic acids is 2. The Kier molecular flexibility index (Phi) is 2.22. The highest BCUT2D eigenvalue weighted by Gasteiger charge is 2.45. The predicted molar refractivity (Wildman–Crippen MR) is 43.5 cm³/mol. The minimum absolute atomic E-state index is 0.00843. The minimum Gasteiger partial charge on any atom is -0.469 e. The Morgan fingerprint density at radius 2 is 2.25 bits per heavy atom. The van der Waals surface area contributed by atoms with Crippen LogP contribution in [0.3, 0.4) is 0 Å². The van der Waals surface area contributed by atoms with E-state index in [9.17, 15) is 9.59 Å². The van der Waals surface area contributed by atoms with Crippen LogP contribution in [0.1, 0.15) is 26.7 Å². The van der Waals surface area contributed by atoms with Crippen LogP contribution in [0.15, 0.2) is 0 Å². The third-order valence-corrected chi connectivity index (χ3v) is 2.55. The van der Waals surface area contributed by atoms with Crippen LogP contribution >= 0.6 is 0 Å². The molecule has 1 saturated carbocycles. The van der Waals surface area contributed by atoms with Gasteiger partial charge in [-0.2, -0.15) is 0 Å². The van der Waals surface area contributed by atoms with E-state index in [1.807, 2.05) is 6.92 Å². The molecule has 0 spiro atoms. The number of rotatable bonds is 1. The maximum atomic E-state index is 11.3. The lowest BCUT2D eigenvalue weighted by Gasteiger charge is -2.18. The molecule has 0 unspecified atom stereocenters. The van der Waals surface area contributed by atoms with Crippen LogP contribution in [-0.4, -0.2) is 18.9 Å². The Balaban J connectivity index is 2.76. The zero-order chi connectivity index (χ0) is 9.35. The van der Waals surface area contributed by atoms with Gasteiger partial charge in [0, 0.05) is 12.3 Å². The van der Waals surface area contributed by atoms with E-state index >= 15 is 0 Å². The Morgan fingerprint density at radius 3 is 2.58 bits per heavy atom. The quantitative estimate of drug-likeness (QED) is 0.555. The molecule has 1 fully saturated rings. The summed E-state index contributed by atoms with van der Waals surface area (Å²) in [5, 5.41) is 0. The zero-order valence-electron chi connectivity index (χ0n) is 7.72. The Hall–Kier alpha value is -0.860. The van der Waals surface area contributed by atoms with Crippen LogP contribution < -0.4 is 0 Å². The Bertz CT molecular complexity index is 222. The normalized spacial score (nSPS) is 35.2. The van der Waals surface area contributed by atoms with E-state index in [0.29, 0.717) is 12.8 Å². The van der Waals surface area contributed by atoms with E-state index in [0.717, 1.165) is 0 Å². The van der Waals surface area contributed by atoms with Crippen LogP contribution in [0.25, 0.3) is 0 Å². The number of Topliss-reactive ketones (excluding diaryl/α,β-unsaturated/α-hetero) is 1. The van der Waals surface area contributed by atoms with Crippen molar-refractivity contribution in [2.45, 2.75) is 26.7 Å². The van der Waals surface area contributed by atoms with Gasteiger partial charge in [-0.05, 0) is 13.3 Å². The van der Waals surface area contributed by atoms with E-state index in [1.54, 1.807) is 6.92 Å². The van der Waals surface area contributed by atoms with Crippen molar-refractivity contribution in [1.82, 2.24) is 0 Å². The molecule has 3 heteroatoms. The van der Waals surface area contributed by atoms with Gasteiger partial charge < -0.3 is 4.74 Å². The van der Waals surface area contributed by atoms with Crippen molar-refractivity contribution in [1.29, 1.82) is 0 Å². The number of carbonyl (C=O) groups is 2. The van der Waals surface area contributed by atoms with Crippen LogP contribution in [0, 0.1) is 11.3 Å². The average Bonchev–Trinajstić information content (AvgIpc) is 2.26. The molecular weight excluding hydrogens is 156 g/mol. The molecule has 1 rings (SSSR count). The number of ether oxygens (including phenoxy) is 1. The van der Waals surface area contributed by atoms with E-state index in [1.165, 1.54) is 7.11 Å². The maximum Gasteiger partial charge on any atom is 0.311 e. The van der Waals surface area contributed by atoms with Crippen molar-refractivity contribution >= 4 is 11.8 Å². The third-order valence-electron chi connectivity index (χ3n) is 2.55. The molecule has 0 amide bonds. The first kappa shape index (κ1) is 9.23. The molecule has 0 radical (unpaired) electrons. The van der Waals surface area contributed by atoms with Crippen LogP contribution in [0.5, 0.6) is 0 Å². The summed E-state index contributed by atoms with van der Waals surface area (Å²) in [6.07, 6.45) is 0.958. The van der Waals surface area contributed by atoms with Crippen molar-refractivity contribution in [2.75, 3.05) is 7.11 Å². The largest absolute Gasteiger partial charge is 0.469 e. The molecule has 0 aromatic carbocycles. The highest BCUT2D eigenvalue weighted by atomic mass is 16.5. The smallest absolute Gasteiger partial charge is 0.311 e. The van der Waals surface area contributed by atoms with Crippen molar-refractivity contribution in [3.05, 3.63) is 0 Å². The van der Waals surface area contributed by atoms with Gasteiger partial charge in [-0.25, -0.2) is 0 Å². The molecule has 0 heterocycles. The number of ketones is 1. The summed E-state index contributed by atoms with van der Waals surface area (Å²) in [6.45, 7) is 3.65. The highest BCUT2D eigenvalue weighted by Crippen LogP contribution is 2.39. The lowest BCUT2D eigenvalue weighted by molar-refractivity contribution is -0.152. The van der Waals surface area contributed by atoms with Gasteiger partial charge in [0.1, 0.15) is 5.78 Å². The number of hydrogen-bond donors (Lipinski definition) is 0. The van der Waals surface area contributed by atoms with Gasteiger partial charge in [-0.1, -0.05) is 6.92 Å². The van der Waals surface area contributed by atoms with Gasteiger partial charge in [0.05, 0.1) is 12.5 Å². The molecule has 0 saturated heterocycles. The summed E-state index contributed by atoms with van der Waals surface area (Å²) in [7, 11) is 1.36. The first-order chi connectivity index (χ1) is 5.49. The number of methoxy groups -OCH3 is 1. The van der Waals surface area contributed by atoms with Gasteiger partial charge >= 0.3 is 5.97 Å². The molecular formula is C9H14O3. The van der Waals surface area contributed by atoms with E-state index < -0.39 is 5.41 Å². The summed E-state index contributed by atoms with van der Waals surface area (Å²) >= 11 is 0. The molecule has 1 aliphatic carbocycles. The average molecular weight is 170 g/mol. The second-order valence-corrected chi connectivity index (χ2v) is 3.80. The fourth-order valence-electron chi connectivity index (χ4n) is 1.82. The van der Waals surface area contributed by atoms with Gasteiger partial charge in [0.25, 0.3) is 0 Å². The second-order valence-electron chi connectivity index (χ2n) is 3.80. The summed E-state index contributed by atoms with van der Waals surface area (Å²) in [5.74, 6) is -0.0859. The standard InChI is InChI=1S/C9H14O3/c1-6-4-9(2,5-7(6)10)8(11)12-3/h6H,4-5H2,1-3H3/t6-,9+/m0/s1. The van der Waals surface area contributed by atoms with Gasteiger partial charge in [0.15, 0.2) is 0 Å². The molecule has 0 aliphatic heterocycles. The highest BCUT2D eigenvalue weighted by molar-refractivity contribution is 5.91. The summed E-state index contributed by atoms with van der Waals surface area (Å²) in [5.41, 5.74) is -0.564. The van der Waals surface area contributed by atoms with Gasteiger partial charge in [-0.3, -0.25) is 9.59 Å². The predicted octanol–water partition coefficient (Wildman–Crippen LogP) is 1.16. The molecule has 68 valence electrons. The van der Waals surface area contributed by atoms with Crippen LogP contribution in [0.4, 0.5) is 0 Å². The number of hydrogen-bond acceptors (Lipinski definition) is 3. The topological polar surface area (TPSA) is 43.4 Å². The first-order valence-corrected chi connectivity index (χ1v) is 4.11. The molecule has 1 aliphatic rings. The van der Waals surface area contributed by atoms with E-state index in [-0.39, 0.29) is 17.7 Å². The third kappa shape index (κ3) is 1.36. The molecule has 0 bridgehead atoms. The summed E-state index contributed by atoms with van der Waals surface area (Å²) in [6, 6.07) is 0. The fraction of sp³-hybridized carbons (Fsp3) is 0.778. The second kappa shape index (κ2) is 2.88. The van der Waals surface area contributed by atoms with Crippen molar-refractivity contribution in [3.8, 4) is 0 Å². The maximum absolute atomic E-state index is 11.3. The minimum atomic E-state index is -0.564. The molecule has 3 nitrogen and oxygen atoms in total. The van der Waals surface area contributed by atoms with E-state index in [4.69, 9.17) is 0 Å². The van der Waals surface area contributed by atoms with Crippen molar-refractivity contribution < 1.29 is 14.3 Å². The first-order valence-electron chi connectivity index (χ1n) is 4.11. The Labute approximate surface area is 72.1 Å². The van der Waals surface area contributed by atoms with Crippen molar-refractivity contribution in [3.63, 3.8) is 0 Å². The lowest BCUT2D eigenvalue weighted by Crippen LogP contribution is -2.26. The van der Waals surface area contributed by atoms with E-state index in [2.05, 4.69) is 4.74 Å². The Morgan fingerprint density at radius 1 is 1.67 bits per heavy atom. The SMILES string of the molecule is COC(=O)[C@@]1(C)CC(=O)[C@@H](C)C1. The van der Waals surface area contributed by atoms with Gasteiger partial charge in [-0.15, -0.1) is 0 Å². The molecule has 0 aromatic heterocycles. The van der Waals surface area contributed by atoms with Crippen molar-refractivity contribution in [2.24, 2.45) is 11.3 Å². The molecule has 0 aromatic rings. The molecule has 12 heavy (non-hydrogen) atoms. The molecule has 2 atom stereocenters. The lowest BCUT2D eigenvalue weighted by atomic mass is 9.88. The fourth-order valence-corrected chi connectivity index (χ4v) is 1.82. The summed E-state index contributed by atoms with van der Waals surface area (Å²) in [4.78, 5) is 22.5. The zero-order valence-corrected chi connectivity index (χ0v) is 7.72. The molecule has 0 N–H and O–H groups in total.